The van der Waals surface area contributed by atoms with Gasteiger partial charge in [0.25, 0.3) is 0 Å². The van der Waals surface area contributed by atoms with E-state index in [1.54, 1.807) is 11.3 Å². The quantitative estimate of drug-likeness (QED) is 0.676. The molecule has 0 saturated heterocycles. The number of carbonyl (C=O) groups excluding carboxylic acids is 1. The molecule has 1 N–H and O–H groups in total. The summed E-state index contributed by atoms with van der Waals surface area (Å²) < 4.78 is 0. The maximum atomic E-state index is 13.7. The summed E-state index contributed by atoms with van der Waals surface area (Å²) >= 11 is 1.76. The Morgan fingerprint density at radius 3 is 2.44 bits per heavy atom. The average molecular weight is 390 g/mol. The van der Waals surface area contributed by atoms with E-state index in [2.05, 4.69) is 57.0 Å². The van der Waals surface area contributed by atoms with Crippen LogP contribution in [0.1, 0.15) is 78.0 Å². The van der Waals surface area contributed by atoms with Crippen LogP contribution in [-0.4, -0.2) is 23.2 Å². The molecule has 0 spiro atoms. The molecule has 3 nitrogen and oxygen atoms in total. The highest BCUT2D eigenvalue weighted by molar-refractivity contribution is 7.10. The van der Waals surface area contributed by atoms with Gasteiger partial charge in [-0.15, -0.1) is 11.3 Å². The lowest BCUT2D eigenvalue weighted by atomic mass is 9.79. The van der Waals surface area contributed by atoms with Crippen LogP contribution in [0.25, 0.3) is 0 Å². The highest BCUT2D eigenvalue weighted by Gasteiger charge is 2.37. The largest absolute Gasteiger partial charge is 0.393 e. The molecule has 1 amide bonds. The van der Waals surface area contributed by atoms with Crippen molar-refractivity contribution in [3.05, 3.63) is 28.0 Å². The molecule has 27 heavy (non-hydrogen) atoms. The van der Waals surface area contributed by atoms with Crippen molar-refractivity contribution in [2.24, 2.45) is 11.8 Å². The zero-order valence-electron chi connectivity index (χ0n) is 17.5. The predicted molar refractivity (Wildman–Crippen MR) is 114 cm³/mol. The van der Waals surface area contributed by atoms with Gasteiger partial charge in [0.05, 0.1) is 11.8 Å². The number of amides is 1. The molecule has 2 aliphatic rings. The number of carbonyl (C=O) groups is 1. The van der Waals surface area contributed by atoms with Crippen LogP contribution in [0.15, 0.2) is 23.1 Å². The molecule has 150 valence electrons. The van der Waals surface area contributed by atoms with Crippen LogP contribution >= 0.6 is 11.3 Å². The number of rotatable bonds is 3. The third-order valence-corrected chi connectivity index (χ3v) is 7.58. The molecule has 1 fully saturated rings. The van der Waals surface area contributed by atoms with Gasteiger partial charge >= 0.3 is 0 Å². The van der Waals surface area contributed by atoms with E-state index in [0.717, 1.165) is 44.2 Å². The van der Waals surface area contributed by atoms with Crippen LogP contribution in [0.4, 0.5) is 5.69 Å². The van der Waals surface area contributed by atoms with Gasteiger partial charge in [0.1, 0.15) is 0 Å². The molecule has 0 aromatic carbocycles. The topological polar surface area (TPSA) is 40.5 Å². The molecule has 0 bridgehead atoms. The first-order chi connectivity index (χ1) is 12.7. The highest BCUT2D eigenvalue weighted by atomic mass is 32.1. The van der Waals surface area contributed by atoms with Gasteiger partial charge < -0.3 is 10.0 Å². The van der Waals surface area contributed by atoms with Crippen molar-refractivity contribution in [1.29, 1.82) is 0 Å². The van der Waals surface area contributed by atoms with Crippen molar-refractivity contribution in [1.82, 2.24) is 0 Å². The smallest absolute Gasteiger partial charge is 0.230 e. The second kappa shape index (κ2) is 8.08. The molecular formula is C23H35NO2S. The number of hydrogen-bond donors (Lipinski definition) is 1. The number of nitrogens with zero attached hydrogens (tertiary/aromatic N) is 1. The predicted octanol–water partition coefficient (Wildman–Crippen LogP) is 5.67. The number of allylic oxidation sites excluding steroid dienone is 2. The lowest BCUT2D eigenvalue weighted by Crippen LogP contribution is -2.47. The summed E-state index contributed by atoms with van der Waals surface area (Å²) in [6, 6.07) is 2.44. The first-order valence-electron chi connectivity index (χ1n) is 10.4. The molecule has 0 aliphatic heterocycles. The lowest BCUT2D eigenvalue weighted by molar-refractivity contribution is -0.124. The Labute approximate surface area is 168 Å². The van der Waals surface area contributed by atoms with Gasteiger partial charge in [0.15, 0.2) is 0 Å². The van der Waals surface area contributed by atoms with E-state index in [0.29, 0.717) is 5.92 Å². The fourth-order valence-electron chi connectivity index (χ4n) is 4.50. The van der Waals surface area contributed by atoms with Gasteiger partial charge in [-0.25, -0.2) is 0 Å². The summed E-state index contributed by atoms with van der Waals surface area (Å²) in [6.45, 7) is 11.1. The zero-order chi connectivity index (χ0) is 19.8. The number of anilines is 1. The van der Waals surface area contributed by atoms with Gasteiger partial charge in [0, 0.05) is 22.2 Å². The molecule has 1 heterocycles. The first-order valence-corrected chi connectivity index (χ1v) is 11.3. The second-order valence-electron chi connectivity index (χ2n) is 9.66. The van der Waals surface area contributed by atoms with Crippen molar-refractivity contribution in [2.75, 3.05) is 4.90 Å². The summed E-state index contributed by atoms with van der Waals surface area (Å²) in [5, 5.41) is 12.1. The van der Waals surface area contributed by atoms with E-state index in [9.17, 15) is 9.90 Å². The summed E-state index contributed by atoms with van der Waals surface area (Å²) in [5.41, 5.74) is 2.57. The molecule has 3 rings (SSSR count). The van der Waals surface area contributed by atoms with Crippen molar-refractivity contribution < 1.29 is 9.90 Å². The SMILES string of the molecule is CC1=CC[C@H](C(=O)N(c2csc(C(C)(C)C)c2)C2CCC(O)CC2)[C@@H](C)C1. The van der Waals surface area contributed by atoms with Gasteiger partial charge in [-0.3, -0.25) is 4.79 Å². The minimum Gasteiger partial charge on any atom is -0.393 e. The number of hydrogen-bond acceptors (Lipinski definition) is 3. The van der Waals surface area contributed by atoms with Crippen molar-refractivity contribution >= 4 is 22.9 Å². The molecule has 2 atom stereocenters. The number of aliphatic hydroxyl groups is 1. The van der Waals surface area contributed by atoms with Gasteiger partial charge in [-0.05, 0) is 62.8 Å². The van der Waals surface area contributed by atoms with Crippen LogP contribution in [0.2, 0.25) is 0 Å². The average Bonchev–Trinajstić information content (AvgIpc) is 3.06. The molecular weight excluding hydrogens is 354 g/mol. The molecule has 1 aromatic heterocycles. The Balaban J connectivity index is 1.90. The standard InChI is InChI=1S/C23H35NO2S/c1-15-6-11-20(16(2)12-15)22(26)24(17-7-9-19(25)10-8-17)18-13-21(27-14-18)23(3,4)5/h6,13-14,16-17,19-20,25H,7-12H2,1-5H3/t16-,17?,19?,20-/m0/s1. The fraction of sp³-hybridized carbons (Fsp3) is 0.696. The Morgan fingerprint density at radius 1 is 1.22 bits per heavy atom. The summed E-state index contributed by atoms with van der Waals surface area (Å²) in [5.74, 6) is 0.740. The van der Waals surface area contributed by atoms with Crippen LogP contribution in [0.5, 0.6) is 0 Å². The first kappa shape index (κ1) is 20.6. The van der Waals surface area contributed by atoms with E-state index < -0.39 is 0 Å². The zero-order valence-corrected chi connectivity index (χ0v) is 18.3. The van der Waals surface area contributed by atoms with Crippen LogP contribution in [0.3, 0.4) is 0 Å². The second-order valence-corrected chi connectivity index (χ2v) is 10.6. The van der Waals surface area contributed by atoms with Crippen molar-refractivity contribution in [2.45, 2.75) is 90.7 Å². The highest BCUT2D eigenvalue weighted by Crippen LogP contribution is 2.39. The number of aliphatic hydroxyl groups excluding tert-OH is 1. The van der Waals surface area contributed by atoms with Gasteiger partial charge in [0.2, 0.25) is 5.91 Å². The Bertz CT molecular complexity index is 691. The normalized spacial score (nSPS) is 29.3. The maximum absolute atomic E-state index is 13.7. The Hall–Kier alpha value is -1.13. The van der Waals surface area contributed by atoms with Crippen molar-refractivity contribution in [3.63, 3.8) is 0 Å². The minimum atomic E-state index is -0.204. The summed E-state index contributed by atoms with van der Waals surface area (Å²) in [4.78, 5) is 17.1. The van der Waals surface area contributed by atoms with Crippen LogP contribution in [-0.2, 0) is 10.2 Å². The van der Waals surface area contributed by atoms with E-state index in [1.165, 1.54) is 10.5 Å². The third-order valence-electron chi connectivity index (χ3n) is 6.24. The van der Waals surface area contributed by atoms with Crippen molar-refractivity contribution in [3.8, 4) is 0 Å². The van der Waals surface area contributed by atoms with E-state index >= 15 is 0 Å². The monoisotopic (exact) mass is 389 g/mol. The minimum absolute atomic E-state index is 0.0681. The number of thiophene rings is 1. The Kier molecular flexibility index (Phi) is 6.17. The van der Waals surface area contributed by atoms with E-state index in [1.807, 2.05) is 0 Å². The van der Waals surface area contributed by atoms with Gasteiger partial charge in [-0.2, -0.15) is 0 Å². The summed E-state index contributed by atoms with van der Waals surface area (Å²) in [6.07, 6.45) is 7.30. The molecule has 0 unspecified atom stereocenters. The molecule has 4 heteroatoms. The molecule has 2 aliphatic carbocycles. The third kappa shape index (κ3) is 4.65. The molecule has 1 aromatic rings. The molecule has 0 radical (unpaired) electrons. The van der Waals surface area contributed by atoms with E-state index in [-0.39, 0.29) is 29.4 Å². The molecule has 1 saturated carbocycles. The van der Waals surface area contributed by atoms with E-state index in [4.69, 9.17) is 0 Å². The van der Waals surface area contributed by atoms with Crippen LogP contribution < -0.4 is 4.90 Å². The van der Waals surface area contributed by atoms with Gasteiger partial charge in [-0.1, -0.05) is 39.3 Å². The fourth-order valence-corrected chi connectivity index (χ4v) is 5.47. The maximum Gasteiger partial charge on any atom is 0.230 e. The summed E-state index contributed by atoms with van der Waals surface area (Å²) in [7, 11) is 0. The lowest BCUT2D eigenvalue weighted by Gasteiger charge is -2.39. The van der Waals surface area contributed by atoms with Crippen LogP contribution in [0, 0.1) is 11.8 Å². The Morgan fingerprint density at radius 2 is 1.89 bits per heavy atom.